The van der Waals surface area contributed by atoms with Crippen LogP contribution < -0.4 is 0 Å². The number of carbonyl (C=O) groups is 1. The first-order valence-electron chi connectivity index (χ1n) is 8.63. The second-order valence-corrected chi connectivity index (χ2v) is 6.99. The van der Waals surface area contributed by atoms with E-state index in [0.29, 0.717) is 31.5 Å². The predicted molar refractivity (Wildman–Crippen MR) is 94.4 cm³/mol. The Kier molecular flexibility index (Phi) is 4.92. The van der Waals surface area contributed by atoms with Crippen LogP contribution in [-0.2, 0) is 6.54 Å². The minimum Gasteiger partial charge on any atom is -0.393 e. The largest absolute Gasteiger partial charge is 0.393 e. The van der Waals surface area contributed by atoms with E-state index in [0.717, 1.165) is 17.0 Å². The lowest BCUT2D eigenvalue weighted by Gasteiger charge is -2.38. The van der Waals surface area contributed by atoms with Crippen LogP contribution in [0.25, 0.3) is 0 Å². The lowest BCUT2D eigenvalue weighted by Crippen LogP contribution is -2.52. The van der Waals surface area contributed by atoms with Gasteiger partial charge in [0.25, 0.3) is 5.91 Å². The molecule has 1 amide bonds. The molecule has 1 aromatic heterocycles. The molecule has 134 valence electrons. The number of piperidine rings is 1. The summed E-state index contributed by atoms with van der Waals surface area (Å²) >= 11 is 0. The van der Waals surface area contributed by atoms with Crippen molar-refractivity contribution in [1.29, 1.82) is 0 Å². The highest BCUT2D eigenvalue weighted by molar-refractivity contribution is 5.94. The van der Waals surface area contributed by atoms with Gasteiger partial charge in [-0.2, -0.15) is 5.10 Å². The molecular formula is C19H25N3O3. The van der Waals surface area contributed by atoms with Crippen molar-refractivity contribution >= 4 is 5.91 Å². The van der Waals surface area contributed by atoms with Gasteiger partial charge in [-0.3, -0.25) is 9.48 Å². The van der Waals surface area contributed by atoms with Gasteiger partial charge in [0.15, 0.2) is 0 Å². The molecule has 25 heavy (non-hydrogen) atoms. The summed E-state index contributed by atoms with van der Waals surface area (Å²) in [5.74, 6) is -0.107. The fourth-order valence-corrected chi connectivity index (χ4v) is 3.36. The van der Waals surface area contributed by atoms with E-state index in [1.807, 2.05) is 48.9 Å². The van der Waals surface area contributed by atoms with E-state index in [4.69, 9.17) is 0 Å². The summed E-state index contributed by atoms with van der Waals surface area (Å²) in [4.78, 5) is 14.3. The highest BCUT2D eigenvalue weighted by atomic mass is 16.3. The zero-order valence-corrected chi connectivity index (χ0v) is 14.8. The van der Waals surface area contributed by atoms with E-state index in [-0.39, 0.29) is 19.1 Å². The molecule has 1 saturated heterocycles. The van der Waals surface area contributed by atoms with Gasteiger partial charge in [-0.15, -0.1) is 0 Å². The third-order valence-electron chi connectivity index (χ3n) is 4.77. The van der Waals surface area contributed by atoms with Crippen molar-refractivity contribution in [2.24, 2.45) is 0 Å². The minimum absolute atomic E-state index is 0.107. The Morgan fingerprint density at radius 2 is 2.00 bits per heavy atom. The van der Waals surface area contributed by atoms with Gasteiger partial charge in [-0.1, -0.05) is 12.1 Å². The normalized spacial score (nSPS) is 20.7. The maximum absolute atomic E-state index is 12.6. The number of nitrogens with zero attached hydrogens (tertiary/aromatic N) is 3. The van der Waals surface area contributed by atoms with Crippen LogP contribution in [0.4, 0.5) is 0 Å². The molecule has 6 heteroatoms. The second kappa shape index (κ2) is 6.98. The summed E-state index contributed by atoms with van der Waals surface area (Å²) in [5, 5.41) is 24.0. The number of carbonyl (C=O) groups excluding carboxylic acids is 1. The van der Waals surface area contributed by atoms with Gasteiger partial charge >= 0.3 is 0 Å². The van der Waals surface area contributed by atoms with Crippen LogP contribution in [0.5, 0.6) is 0 Å². The number of β-amino-alcohol motifs (C(OH)–C–C–N with tert-alkyl or cyclic N) is 1. The number of rotatable bonds is 4. The molecule has 1 aliphatic heterocycles. The fourth-order valence-electron chi connectivity index (χ4n) is 3.36. The fraction of sp³-hybridized carbons (Fsp3) is 0.474. The third kappa shape index (κ3) is 3.91. The maximum atomic E-state index is 12.6. The monoisotopic (exact) mass is 343 g/mol. The van der Waals surface area contributed by atoms with Crippen molar-refractivity contribution in [1.82, 2.24) is 14.7 Å². The van der Waals surface area contributed by atoms with Gasteiger partial charge in [0.05, 0.1) is 25.4 Å². The molecule has 0 aliphatic carbocycles. The molecule has 0 saturated carbocycles. The number of benzene rings is 1. The molecule has 0 radical (unpaired) electrons. The Morgan fingerprint density at radius 3 is 2.60 bits per heavy atom. The number of aromatic nitrogens is 2. The Labute approximate surface area is 147 Å². The van der Waals surface area contributed by atoms with Gasteiger partial charge < -0.3 is 15.1 Å². The van der Waals surface area contributed by atoms with Gasteiger partial charge in [-0.05, 0) is 50.5 Å². The third-order valence-corrected chi connectivity index (χ3v) is 4.77. The summed E-state index contributed by atoms with van der Waals surface area (Å²) in [5.41, 5.74) is 2.59. The van der Waals surface area contributed by atoms with E-state index in [2.05, 4.69) is 5.10 Å². The number of aliphatic hydroxyl groups excluding tert-OH is 1. The number of hydrogen-bond acceptors (Lipinski definition) is 4. The van der Waals surface area contributed by atoms with E-state index in [1.54, 1.807) is 4.90 Å². The van der Waals surface area contributed by atoms with Gasteiger partial charge in [-0.25, -0.2) is 0 Å². The lowest BCUT2D eigenvalue weighted by molar-refractivity contribution is -0.0598. The summed E-state index contributed by atoms with van der Waals surface area (Å²) in [6.45, 7) is 5.12. The summed E-state index contributed by atoms with van der Waals surface area (Å²) in [6, 6.07) is 9.54. The van der Waals surface area contributed by atoms with E-state index < -0.39 is 5.60 Å². The van der Waals surface area contributed by atoms with Crippen molar-refractivity contribution < 1.29 is 15.0 Å². The van der Waals surface area contributed by atoms with E-state index in [1.165, 1.54) is 0 Å². The summed E-state index contributed by atoms with van der Waals surface area (Å²) in [6.07, 6.45) is 1.22. The Balaban J connectivity index is 1.69. The average Bonchev–Trinajstić information content (AvgIpc) is 2.92. The smallest absolute Gasteiger partial charge is 0.253 e. The number of aliphatic hydroxyl groups is 2. The predicted octanol–water partition coefficient (Wildman–Crippen LogP) is 1.51. The standard InChI is InChI=1S/C19H25N3O3/c1-14-10-15(2)22(20-14)11-16-4-6-17(7-5-16)18(24)21-9-3-8-19(25,12-21)13-23/h4-7,10,23,25H,3,8-9,11-13H2,1-2H3/t19-/m0/s1. The molecule has 0 bridgehead atoms. The zero-order valence-electron chi connectivity index (χ0n) is 14.8. The second-order valence-electron chi connectivity index (χ2n) is 6.99. The Hall–Kier alpha value is -2.18. The number of amides is 1. The van der Waals surface area contributed by atoms with Crippen LogP contribution in [0.1, 0.15) is 40.2 Å². The summed E-state index contributed by atoms with van der Waals surface area (Å²) in [7, 11) is 0. The van der Waals surface area contributed by atoms with Crippen LogP contribution in [0.3, 0.4) is 0 Å². The first-order chi connectivity index (χ1) is 11.9. The lowest BCUT2D eigenvalue weighted by atomic mass is 9.93. The quantitative estimate of drug-likeness (QED) is 0.882. The van der Waals surface area contributed by atoms with Crippen molar-refractivity contribution in [3.63, 3.8) is 0 Å². The van der Waals surface area contributed by atoms with Crippen LogP contribution >= 0.6 is 0 Å². The van der Waals surface area contributed by atoms with Gasteiger partial charge in [0.1, 0.15) is 5.60 Å². The molecule has 2 aromatic rings. The molecule has 1 atom stereocenters. The average molecular weight is 343 g/mol. The highest BCUT2D eigenvalue weighted by Gasteiger charge is 2.34. The number of aryl methyl sites for hydroxylation is 2. The van der Waals surface area contributed by atoms with Gasteiger partial charge in [0, 0.05) is 17.8 Å². The molecule has 1 fully saturated rings. The van der Waals surface area contributed by atoms with Crippen molar-refractivity contribution in [3.05, 3.63) is 52.8 Å². The zero-order chi connectivity index (χ0) is 18.0. The molecular weight excluding hydrogens is 318 g/mol. The molecule has 1 aliphatic rings. The Morgan fingerprint density at radius 1 is 1.28 bits per heavy atom. The molecule has 6 nitrogen and oxygen atoms in total. The van der Waals surface area contributed by atoms with E-state index in [9.17, 15) is 15.0 Å². The van der Waals surface area contributed by atoms with Crippen molar-refractivity contribution in [3.8, 4) is 0 Å². The van der Waals surface area contributed by atoms with Crippen LogP contribution in [0.2, 0.25) is 0 Å². The van der Waals surface area contributed by atoms with Crippen LogP contribution in [0.15, 0.2) is 30.3 Å². The van der Waals surface area contributed by atoms with Crippen molar-refractivity contribution in [2.75, 3.05) is 19.7 Å². The first kappa shape index (κ1) is 17.6. The van der Waals surface area contributed by atoms with E-state index >= 15 is 0 Å². The molecule has 0 spiro atoms. The van der Waals surface area contributed by atoms with Gasteiger partial charge in [0.2, 0.25) is 0 Å². The molecule has 0 unspecified atom stereocenters. The topological polar surface area (TPSA) is 78.6 Å². The van der Waals surface area contributed by atoms with Crippen molar-refractivity contribution in [2.45, 2.75) is 38.8 Å². The van der Waals surface area contributed by atoms with Crippen LogP contribution in [0, 0.1) is 13.8 Å². The number of likely N-dealkylation sites (tertiary alicyclic amines) is 1. The number of hydrogen-bond donors (Lipinski definition) is 2. The SMILES string of the molecule is Cc1cc(C)n(Cc2ccc(C(=O)N3CCC[C@@](O)(CO)C3)cc2)n1. The van der Waals surface area contributed by atoms with Crippen LogP contribution in [-0.4, -0.2) is 56.1 Å². The maximum Gasteiger partial charge on any atom is 0.253 e. The molecule has 2 heterocycles. The molecule has 1 aromatic carbocycles. The Bertz CT molecular complexity index is 754. The molecule has 3 rings (SSSR count). The highest BCUT2D eigenvalue weighted by Crippen LogP contribution is 2.22. The first-order valence-corrected chi connectivity index (χ1v) is 8.63. The summed E-state index contributed by atoms with van der Waals surface area (Å²) < 4.78 is 1.94. The molecule has 2 N–H and O–H groups in total. The minimum atomic E-state index is -1.18.